The van der Waals surface area contributed by atoms with Gasteiger partial charge in [-0.3, -0.25) is 0 Å². The number of hydrogen-bond donors (Lipinski definition) is 1. The largest absolute Gasteiger partial charge is 0.461 e. The molecule has 2 heterocycles. The predicted octanol–water partition coefficient (Wildman–Crippen LogP) is 2.20. The first-order valence-corrected chi connectivity index (χ1v) is 8.68. The molecule has 1 N–H and O–H groups in total. The first-order valence-electron chi connectivity index (χ1n) is 7.20. The molecule has 2 aromatic heterocycles. The number of furan rings is 1. The predicted molar refractivity (Wildman–Crippen MR) is 86.0 cm³/mol. The van der Waals surface area contributed by atoms with Crippen LogP contribution >= 0.6 is 0 Å². The zero-order valence-corrected chi connectivity index (χ0v) is 13.9. The van der Waals surface area contributed by atoms with E-state index in [9.17, 15) is 13.2 Å². The Hall–Kier alpha value is -2.91. The Balaban J connectivity index is 1.68. The maximum absolute atomic E-state index is 12.1. The Morgan fingerprint density at radius 2 is 2.04 bits per heavy atom. The van der Waals surface area contributed by atoms with Crippen LogP contribution in [-0.4, -0.2) is 26.6 Å². The molecule has 1 aromatic carbocycles. The Kier molecular flexibility index (Phi) is 4.68. The van der Waals surface area contributed by atoms with Crippen molar-refractivity contribution in [3.8, 4) is 11.5 Å². The summed E-state index contributed by atoms with van der Waals surface area (Å²) in [6.45, 7) is -0.119. The van der Waals surface area contributed by atoms with Gasteiger partial charge in [-0.1, -0.05) is 11.2 Å². The lowest BCUT2D eigenvalue weighted by Gasteiger charge is -2.05. The molecule has 0 amide bonds. The fraction of sp³-hybridized carbons (Fsp3) is 0.125. The van der Waals surface area contributed by atoms with Gasteiger partial charge in [-0.25, -0.2) is 17.9 Å². The zero-order chi connectivity index (χ0) is 17.9. The van der Waals surface area contributed by atoms with Crippen molar-refractivity contribution in [1.29, 1.82) is 0 Å². The van der Waals surface area contributed by atoms with Crippen molar-refractivity contribution in [3.05, 3.63) is 60.0 Å². The van der Waals surface area contributed by atoms with E-state index >= 15 is 0 Å². The third kappa shape index (κ3) is 3.78. The molecule has 3 aromatic rings. The lowest BCUT2D eigenvalue weighted by Crippen LogP contribution is -2.19. The van der Waals surface area contributed by atoms with Crippen molar-refractivity contribution >= 4 is 16.0 Å². The van der Waals surface area contributed by atoms with Crippen LogP contribution in [0.2, 0.25) is 0 Å². The summed E-state index contributed by atoms with van der Waals surface area (Å²) in [5, 5.41) is 3.79. The topological polar surface area (TPSA) is 112 Å². The molecule has 25 heavy (non-hydrogen) atoms. The van der Waals surface area contributed by atoms with E-state index in [-0.39, 0.29) is 17.1 Å². The van der Waals surface area contributed by atoms with Crippen LogP contribution < -0.4 is 4.72 Å². The number of nitrogens with zero attached hydrogens (tertiary/aromatic N) is 1. The molecule has 0 saturated carbocycles. The second-order valence-corrected chi connectivity index (χ2v) is 6.86. The van der Waals surface area contributed by atoms with Crippen LogP contribution in [0.4, 0.5) is 0 Å². The maximum Gasteiger partial charge on any atom is 0.338 e. The Morgan fingerprint density at radius 1 is 1.20 bits per heavy atom. The van der Waals surface area contributed by atoms with E-state index in [0.717, 1.165) is 0 Å². The standard InChI is InChI=1S/C16H14N2O6S/c1-17-25(20,21)13-5-2-4-11(8-13)16(19)23-10-12-9-15(24-18-12)14-6-3-7-22-14/h2-9,17H,10H2,1H3. The van der Waals surface area contributed by atoms with Crippen LogP contribution in [0.3, 0.4) is 0 Å². The van der Waals surface area contributed by atoms with Gasteiger partial charge in [0.2, 0.25) is 15.8 Å². The minimum Gasteiger partial charge on any atom is -0.461 e. The average Bonchev–Trinajstić information content (AvgIpc) is 3.31. The van der Waals surface area contributed by atoms with Gasteiger partial charge in [-0.05, 0) is 37.4 Å². The number of nitrogens with one attached hydrogen (secondary N) is 1. The van der Waals surface area contributed by atoms with Gasteiger partial charge in [-0.15, -0.1) is 0 Å². The van der Waals surface area contributed by atoms with E-state index < -0.39 is 16.0 Å². The van der Waals surface area contributed by atoms with E-state index in [1.807, 2.05) is 0 Å². The van der Waals surface area contributed by atoms with Crippen molar-refractivity contribution in [2.45, 2.75) is 11.5 Å². The molecule has 0 aliphatic carbocycles. The Bertz CT molecular complexity index is 976. The number of esters is 1. The molecule has 0 unspecified atom stereocenters. The van der Waals surface area contributed by atoms with Gasteiger partial charge in [0, 0.05) is 6.07 Å². The van der Waals surface area contributed by atoms with E-state index in [0.29, 0.717) is 17.2 Å². The Morgan fingerprint density at radius 3 is 2.76 bits per heavy atom. The van der Waals surface area contributed by atoms with Gasteiger partial charge in [0.05, 0.1) is 16.7 Å². The first-order chi connectivity index (χ1) is 12.0. The van der Waals surface area contributed by atoms with Gasteiger partial charge in [0.25, 0.3) is 0 Å². The molecule has 0 aliphatic heterocycles. The maximum atomic E-state index is 12.1. The van der Waals surface area contributed by atoms with Gasteiger partial charge in [0.1, 0.15) is 12.3 Å². The summed E-state index contributed by atoms with van der Waals surface area (Å²) in [6, 6.07) is 10.6. The second-order valence-electron chi connectivity index (χ2n) is 4.97. The van der Waals surface area contributed by atoms with Gasteiger partial charge >= 0.3 is 5.97 Å². The fourth-order valence-electron chi connectivity index (χ4n) is 2.05. The van der Waals surface area contributed by atoms with Crippen LogP contribution in [0.1, 0.15) is 16.1 Å². The van der Waals surface area contributed by atoms with Crippen LogP contribution in [-0.2, 0) is 21.4 Å². The van der Waals surface area contributed by atoms with Crippen molar-refractivity contribution in [3.63, 3.8) is 0 Å². The monoisotopic (exact) mass is 362 g/mol. The minimum atomic E-state index is -3.64. The lowest BCUT2D eigenvalue weighted by atomic mass is 10.2. The van der Waals surface area contributed by atoms with E-state index in [1.54, 1.807) is 18.2 Å². The number of sulfonamides is 1. The first kappa shape index (κ1) is 16.9. The summed E-state index contributed by atoms with van der Waals surface area (Å²) < 4.78 is 41.2. The summed E-state index contributed by atoms with van der Waals surface area (Å²) in [6.07, 6.45) is 1.50. The molecule has 0 saturated heterocycles. The molecule has 0 fully saturated rings. The third-order valence-electron chi connectivity index (χ3n) is 3.32. The number of ether oxygens (including phenoxy) is 1. The molecule has 8 nitrogen and oxygen atoms in total. The number of carbonyl (C=O) groups is 1. The molecule has 0 atom stereocenters. The highest BCUT2D eigenvalue weighted by Gasteiger charge is 2.16. The molecule has 9 heteroatoms. The highest BCUT2D eigenvalue weighted by atomic mass is 32.2. The SMILES string of the molecule is CNS(=O)(=O)c1cccc(C(=O)OCc2cc(-c3ccco3)on2)c1. The van der Waals surface area contributed by atoms with Gasteiger partial charge in [-0.2, -0.15) is 0 Å². The summed E-state index contributed by atoms with van der Waals surface area (Å²) in [7, 11) is -2.35. The van der Waals surface area contributed by atoms with Crippen LogP contribution in [0.15, 0.2) is 62.6 Å². The van der Waals surface area contributed by atoms with Crippen LogP contribution in [0, 0.1) is 0 Å². The molecule has 3 rings (SSSR count). The normalized spacial score (nSPS) is 11.4. The molecule has 0 aliphatic rings. The van der Waals surface area contributed by atoms with Gasteiger partial charge in [0.15, 0.2) is 5.76 Å². The Labute approximate surface area is 143 Å². The highest BCUT2D eigenvalue weighted by Crippen LogP contribution is 2.21. The molecule has 0 spiro atoms. The molecular weight excluding hydrogens is 348 g/mol. The summed E-state index contributed by atoms with van der Waals surface area (Å²) in [5.74, 6) is 0.254. The van der Waals surface area contributed by atoms with Crippen molar-refractivity contribution in [2.24, 2.45) is 0 Å². The van der Waals surface area contributed by atoms with Crippen molar-refractivity contribution in [2.75, 3.05) is 7.05 Å². The summed E-state index contributed by atoms with van der Waals surface area (Å²) in [4.78, 5) is 12.1. The molecule has 0 radical (unpaired) electrons. The number of carbonyl (C=O) groups excluding carboxylic acids is 1. The molecule has 130 valence electrons. The molecular formula is C16H14N2O6S. The van der Waals surface area contributed by atoms with Crippen LogP contribution in [0.25, 0.3) is 11.5 Å². The van der Waals surface area contributed by atoms with E-state index in [2.05, 4.69) is 9.88 Å². The summed E-state index contributed by atoms with van der Waals surface area (Å²) >= 11 is 0. The summed E-state index contributed by atoms with van der Waals surface area (Å²) in [5.41, 5.74) is 0.518. The lowest BCUT2D eigenvalue weighted by molar-refractivity contribution is 0.0464. The number of rotatable bonds is 6. The highest BCUT2D eigenvalue weighted by molar-refractivity contribution is 7.89. The number of aromatic nitrogens is 1. The number of hydrogen-bond acceptors (Lipinski definition) is 7. The average molecular weight is 362 g/mol. The fourth-order valence-corrected chi connectivity index (χ4v) is 2.82. The van der Waals surface area contributed by atoms with E-state index in [4.69, 9.17) is 13.7 Å². The van der Waals surface area contributed by atoms with Crippen LogP contribution in [0.5, 0.6) is 0 Å². The second kappa shape index (κ2) is 6.91. The third-order valence-corrected chi connectivity index (χ3v) is 4.73. The smallest absolute Gasteiger partial charge is 0.338 e. The van der Waals surface area contributed by atoms with Crippen molar-refractivity contribution in [1.82, 2.24) is 9.88 Å². The minimum absolute atomic E-state index is 0.0222. The van der Waals surface area contributed by atoms with Gasteiger partial charge < -0.3 is 13.7 Å². The van der Waals surface area contributed by atoms with E-state index in [1.165, 1.54) is 37.6 Å². The zero-order valence-electron chi connectivity index (χ0n) is 13.1. The number of benzene rings is 1. The quantitative estimate of drug-likeness (QED) is 0.669. The molecule has 0 bridgehead atoms. The van der Waals surface area contributed by atoms with Crippen molar-refractivity contribution < 1.29 is 26.9 Å².